The number of rotatable bonds is 4. The molecule has 0 aromatic heterocycles. The lowest BCUT2D eigenvalue weighted by molar-refractivity contribution is 0.329. The van der Waals surface area contributed by atoms with Crippen LogP contribution < -0.4 is 11.5 Å². The molecule has 4 N–H and O–H groups in total. The maximum atomic E-state index is 7.10. The zero-order chi connectivity index (χ0) is 12.6. The van der Waals surface area contributed by atoms with E-state index in [0.29, 0.717) is 0 Å². The largest absolute Gasteiger partial charge is 0.337 e. The van der Waals surface area contributed by atoms with Gasteiger partial charge >= 0.3 is 0 Å². The zero-order valence-corrected chi connectivity index (χ0v) is 10.2. The predicted molar refractivity (Wildman–Crippen MR) is 64.8 cm³/mol. The van der Waals surface area contributed by atoms with Gasteiger partial charge in [0.2, 0.25) is 0 Å². The van der Waals surface area contributed by atoms with Gasteiger partial charge in [-0.05, 0) is 38.9 Å². The van der Waals surface area contributed by atoms with Crippen molar-refractivity contribution in [2.75, 3.05) is 19.6 Å². The second kappa shape index (κ2) is 16.0. The summed E-state index contributed by atoms with van der Waals surface area (Å²) in [7, 11) is 0. The lowest BCUT2D eigenvalue weighted by Gasteiger charge is -2.12. The highest BCUT2D eigenvalue weighted by atomic mass is 15.1. The number of unbranched alkanes of at least 4 members (excludes halogenated alkanes) is 2. The third-order valence-electron chi connectivity index (χ3n) is 2.28. The Hall–Kier alpha value is -1.46. The van der Waals surface area contributed by atoms with Crippen LogP contribution in [0.4, 0.5) is 0 Å². The Kier molecular flexibility index (Phi) is 16.9. The van der Waals surface area contributed by atoms with Crippen LogP contribution in [0.15, 0.2) is 0 Å². The third-order valence-corrected chi connectivity index (χ3v) is 2.28. The van der Waals surface area contributed by atoms with Crippen LogP contribution in [0.1, 0.15) is 39.0 Å². The van der Waals surface area contributed by atoms with Crippen LogP contribution in [0.2, 0.25) is 0 Å². The molecule has 0 bridgehead atoms. The normalized spacial score (nSPS) is 13.4. The average molecular weight is 225 g/mol. The van der Waals surface area contributed by atoms with Gasteiger partial charge in [-0.25, -0.2) is 0 Å². The van der Waals surface area contributed by atoms with E-state index in [2.05, 4.69) is 23.3 Å². The van der Waals surface area contributed by atoms with Crippen LogP contribution in [0.25, 0.3) is 0 Å². The summed E-state index contributed by atoms with van der Waals surface area (Å²) in [5, 5.41) is 14.2. The lowest BCUT2D eigenvalue weighted by atomic mass is 10.2. The maximum Gasteiger partial charge on any atom is 0.173 e. The smallest absolute Gasteiger partial charge is 0.173 e. The molecule has 16 heavy (non-hydrogen) atoms. The average Bonchev–Trinajstić information content (AvgIpc) is 2.73. The van der Waals surface area contributed by atoms with Crippen LogP contribution in [-0.4, -0.2) is 24.5 Å². The monoisotopic (exact) mass is 225 g/mol. The first-order chi connectivity index (χ1) is 7.76. The van der Waals surface area contributed by atoms with E-state index in [0.717, 1.165) is 0 Å². The number of hydrogen-bond acceptors (Lipinski definition) is 5. The lowest BCUT2D eigenvalue weighted by Crippen LogP contribution is -2.20. The molecular formula is C11H23N5. The highest BCUT2D eigenvalue weighted by molar-refractivity contribution is 4.65. The molecule has 5 heteroatoms. The standard InChI is InChI=1S/C9H19N.2CH2N2/c1-2-3-4-7-10-8-5-6-9-10;2*2-1-3/h2-9H2,1H3;2*2H2. The van der Waals surface area contributed by atoms with Gasteiger partial charge in [-0.2, -0.15) is 10.5 Å². The Balaban J connectivity index is 0. The van der Waals surface area contributed by atoms with Gasteiger partial charge in [-0.1, -0.05) is 19.8 Å². The number of nitrogens with zero attached hydrogens (tertiary/aromatic N) is 3. The molecule has 0 spiro atoms. The van der Waals surface area contributed by atoms with Gasteiger partial charge in [-0.3, -0.25) is 0 Å². The van der Waals surface area contributed by atoms with Crippen LogP contribution in [-0.2, 0) is 0 Å². The number of nitrogens with two attached hydrogens (primary N) is 2. The molecule has 1 aliphatic rings. The van der Waals surface area contributed by atoms with E-state index in [-0.39, 0.29) is 0 Å². The fourth-order valence-corrected chi connectivity index (χ4v) is 1.59. The van der Waals surface area contributed by atoms with E-state index >= 15 is 0 Å². The summed E-state index contributed by atoms with van der Waals surface area (Å²) < 4.78 is 0. The predicted octanol–water partition coefficient (Wildman–Crippen LogP) is 1.12. The third kappa shape index (κ3) is 15.0. The SMILES string of the molecule is CCCCCN1CCCC1.N#CN.N#CN. The second-order valence-electron chi connectivity index (χ2n) is 3.51. The summed E-state index contributed by atoms with van der Waals surface area (Å²) >= 11 is 0. The first-order valence-electron chi connectivity index (χ1n) is 5.68. The number of hydrogen-bond donors (Lipinski definition) is 2. The van der Waals surface area contributed by atoms with Crippen molar-refractivity contribution >= 4 is 0 Å². The van der Waals surface area contributed by atoms with Gasteiger partial charge in [0.05, 0.1) is 0 Å². The van der Waals surface area contributed by atoms with E-state index in [1.54, 1.807) is 0 Å². The Labute approximate surface area is 98.6 Å². The summed E-state index contributed by atoms with van der Waals surface area (Å²) in [6.45, 7) is 6.35. The summed E-state index contributed by atoms with van der Waals surface area (Å²) in [6, 6.07) is 0. The molecule has 1 rings (SSSR count). The first-order valence-corrected chi connectivity index (χ1v) is 5.68. The molecule has 0 aromatic rings. The van der Waals surface area contributed by atoms with Crippen LogP contribution in [0, 0.1) is 22.9 Å². The topological polar surface area (TPSA) is 103 Å². The molecule has 1 heterocycles. The molecule has 1 fully saturated rings. The number of nitriles is 2. The summed E-state index contributed by atoms with van der Waals surface area (Å²) in [5.74, 6) is 0. The van der Waals surface area contributed by atoms with Gasteiger partial charge in [0.25, 0.3) is 0 Å². The van der Waals surface area contributed by atoms with Gasteiger partial charge in [-0.15, -0.1) is 0 Å². The molecule has 1 saturated heterocycles. The Bertz CT molecular complexity index is 185. The zero-order valence-electron chi connectivity index (χ0n) is 10.2. The van der Waals surface area contributed by atoms with Crippen molar-refractivity contribution in [2.45, 2.75) is 39.0 Å². The molecule has 0 aliphatic carbocycles. The fraction of sp³-hybridized carbons (Fsp3) is 0.818. The number of likely N-dealkylation sites (tertiary alicyclic amines) is 1. The maximum absolute atomic E-state index is 7.10. The molecule has 0 unspecified atom stereocenters. The molecular weight excluding hydrogens is 202 g/mol. The van der Waals surface area contributed by atoms with Gasteiger partial charge in [0.1, 0.15) is 0 Å². The van der Waals surface area contributed by atoms with Crippen molar-refractivity contribution in [3.63, 3.8) is 0 Å². The van der Waals surface area contributed by atoms with E-state index in [9.17, 15) is 0 Å². The van der Waals surface area contributed by atoms with E-state index < -0.39 is 0 Å². The van der Waals surface area contributed by atoms with Crippen molar-refractivity contribution in [1.82, 2.24) is 4.90 Å². The minimum absolute atomic E-state index is 1.25. The van der Waals surface area contributed by atoms with Gasteiger partial charge < -0.3 is 16.4 Å². The summed E-state index contributed by atoms with van der Waals surface area (Å²) in [6.07, 6.45) is 9.55. The fourth-order valence-electron chi connectivity index (χ4n) is 1.59. The molecule has 5 nitrogen and oxygen atoms in total. The van der Waals surface area contributed by atoms with E-state index in [1.807, 2.05) is 0 Å². The van der Waals surface area contributed by atoms with Crippen molar-refractivity contribution in [3.8, 4) is 12.4 Å². The minimum Gasteiger partial charge on any atom is -0.337 e. The second-order valence-corrected chi connectivity index (χ2v) is 3.51. The summed E-state index contributed by atoms with van der Waals surface area (Å²) in [4.78, 5) is 2.59. The Morgan fingerprint density at radius 3 is 1.88 bits per heavy atom. The van der Waals surface area contributed by atoms with Gasteiger partial charge in [0.15, 0.2) is 12.4 Å². The Morgan fingerprint density at radius 2 is 1.50 bits per heavy atom. The molecule has 92 valence electrons. The van der Waals surface area contributed by atoms with Crippen molar-refractivity contribution in [1.29, 1.82) is 10.5 Å². The van der Waals surface area contributed by atoms with Crippen molar-refractivity contribution in [2.24, 2.45) is 11.5 Å². The minimum atomic E-state index is 1.25. The Morgan fingerprint density at radius 1 is 1.06 bits per heavy atom. The first kappa shape index (κ1) is 17.0. The van der Waals surface area contributed by atoms with E-state index in [4.69, 9.17) is 10.5 Å². The highest BCUT2D eigenvalue weighted by Gasteiger charge is 2.09. The van der Waals surface area contributed by atoms with Crippen molar-refractivity contribution < 1.29 is 0 Å². The van der Waals surface area contributed by atoms with Crippen LogP contribution >= 0.6 is 0 Å². The van der Waals surface area contributed by atoms with E-state index in [1.165, 1.54) is 64.1 Å². The quantitative estimate of drug-likeness (QED) is 0.424. The van der Waals surface area contributed by atoms with Crippen LogP contribution in [0.3, 0.4) is 0 Å². The summed E-state index contributed by atoms with van der Waals surface area (Å²) in [5.41, 5.74) is 8.31. The highest BCUT2D eigenvalue weighted by Crippen LogP contribution is 2.08. The molecule has 0 saturated carbocycles. The molecule has 1 aliphatic heterocycles. The van der Waals surface area contributed by atoms with Crippen LogP contribution in [0.5, 0.6) is 0 Å². The molecule has 0 atom stereocenters. The molecule has 0 aromatic carbocycles. The van der Waals surface area contributed by atoms with Crippen molar-refractivity contribution in [3.05, 3.63) is 0 Å². The molecule has 0 amide bonds. The van der Waals surface area contributed by atoms with Gasteiger partial charge in [0, 0.05) is 0 Å². The molecule has 0 radical (unpaired) electrons.